The highest BCUT2D eigenvalue weighted by Gasteiger charge is 2.20. The van der Waals surface area contributed by atoms with Crippen LogP contribution in [0.1, 0.15) is 0 Å². The molecule has 1 heterocycles. The Hall–Kier alpha value is -3.29. The van der Waals surface area contributed by atoms with Crippen LogP contribution in [0.5, 0.6) is 5.75 Å². The zero-order valence-corrected chi connectivity index (χ0v) is 17.4. The number of ether oxygens (including phenoxy) is 1. The molecule has 0 aliphatic carbocycles. The highest BCUT2D eigenvalue weighted by atomic mass is 16.5. The summed E-state index contributed by atoms with van der Waals surface area (Å²) in [4.78, 5) is 15.5. The van der Waals surface area contributed by atoms with Crippen molar-refractivity contribution in [2.24, 2.45) is 5.73 Å². The smallest absolute Gasteiger partial charge is 0.316 e. The van der Waals surface area contributed by atoms with Crippen LogP contribution >= 0.6 is 0 Å². The molecular formula is C24H28N4O3. The van der Waals surface area contributed by atoms with Gasteiger partial charge in [-0.25, -0.2) is 4.79 Å². The highest BCUT2D eigenvalue weighted by Crippen LogP contribution is 2.23. The molecule has 1 aliphatic heterocycles. The Morgan fingerprint density at radius 1 is 1.00 bits per heavy atom. The van der Waals surface area contributed by atoms with E-state index in [1.54, 1.807) is 24.3 Å². The predicted octanol–water partition coefficient (Wildman–Crippen LogP) is 2.89. The van der Waals surface area contributed by atoms with E-state index >= 15 is 0 Å². The van der Waals surface area contributed by atoms with Crippen LogP contribution in [-0.2, 0) is 0 Å². The number of piperazine rings is 1. The van der Waals surface area contributed by atoms with Crippen molar-refractivity contribution in [1.82, 2.24) is 4.90 Å². The molecule has 4 rings (SSSR count). The molecule has 0 radical (unpaired) electrons. The van der Waals surface area contributed by atoms with E-state index < -0.39 is 12.1 Å². The quantitative estimate of drug-likeness (QED) is 0.547. The number of carbonyl (C=O) groups excluding carboxylic acids is 1. The maximum absolute atomic E-state index is 10.9. The van der Waals surface area contributed by atoms with Crippen LogP contribution < -0.4 is 20.7 Å². The second-order valence-corrected chi connectivity index (χ2v) is 7.80. The number of anilines is 2. The van der Waals surface area contributed by atoms with Gasteiger partial charge in [-0.3, -0.25) is 4.90 Å². The summed E-state index contributed by atoms with van der Waals surface area (Å²) >= 11 is 0. The Bertz CT molecular complexity index is 1020. The van der Waals surface area contributed by atoms with Crippen molar-refractivity contribution in [2.45, 2.75) is 6.10 Å². The summed E-state index contributed by atoms with van der Waals surface area (Å²) in [7, 11) is 0. The number of carbonyl (C=O) groups is 1. The average Bonchev–Trinajstić information content (AvgIpc) is 2.78. The first kappa shape index (κ1) is 21.0. The Morgan fingerprint density at radius 3 is 2.42 bits per heavy atom. The zero-order chi connectivity index (χ0) is 21.6. The molecule has 0 bridgehead atoms. The van der Waals surface area contributed by atoms with Gasteiger partial charge in [0, 0.05) is 44.1 Å². The molecule has 0 spiro atoms. The standard InChI is InChI=1S/C24H28N4O3/c25-24(30)26-20-6-9-23(10-7-20)31-17-22(29)16-27-11-13-28(14-12-27)21-8-5-18-3-1-2-4-19(18)15-21/h1-10,15,22,29H,11-14,16-17H2,(H3,25,26,30). The van der Waals surface area contributed by atoms with Crippen LogP contribution in [-0.4, -0.2) is 61.5 Å². The molecule has 1 unspecified atom stereocenters. The summed E-state index contributed by atoms with van der Waals surface area (Å²) in [6, 6.07) is 21.3. The lowest BCUT2D eigenvalue weighted by Gasteiger charge is -2.37. The lowest BCUT2D eigenvalue weighted by Crippen LogP contribution is -2.49. The maximum Gasteiger partial charge on any atom is 0.316 e. The number of nitrogens with one attached hydrogen (secondary N) is 1. The van der Waals surface area contributed by atoms with Crippen molar-refractivity contribution in [1.29, 1.82) is 0 Å². The first-order valence-corrected chi connectivity index (χ1v) is 10.5. The van der Waals surface area contributed by atoms with Gasteiger partial charge in [-0.05, 0) is 47.2 Å². The first-order valence-electron chi connectivity index (χ1n) is 10.5. The summed E-state index contributed by atoms with van der Waals surface area (Å²) in [6.07, 6.45) is -0.573. The van der Waals surface area contributed by atoms with E-state index in [4.69, 9.17) is 10.5 Å². The fraction of sp³-hybridized carbons (Fsp3) is 0.292. The van der Waals surface area contributed by atoms with Gasteiger partial charge in [-0.15, -0.1) is 0 Å². The lowest BCUT2D eigenvalue weighted by atomic mass is 10.1. The molecule has 2 amide bonds. The molecule has 0 aromatic heterocycles. The molecule has 0 saturated carbocycles. The summed E-state index contributed by atoms with van der Waals surface area (Å²) in [5.41, 5.74) is 6.94. The molecule has 1 fully saturated rings. The molecule has 4 N–H and O–H groups in total. The number of primary amides is 1. The van der Waals surface area contributed by atoms with Crippen molar-refractivity contribution in [3.8, 4) is 5.75 Å². The van der Waals surface area contributed by atoms with Crippen molar-refractivity contribution in [3.63, 3.8) is 0 Å². The third kappa shape index (κ3) is 5.65. The third-order valence-corrected chi connectivity index (χ3v) is 5.50. The van der Waals surface area contributed by atoms with Crippen LogP contribution in [0.3, 0.4) is 0 Å². The second-order valence-electron chi connectivity index (χ2n) is 7.80. The Kier molecular flexibility index (Phi) is 6.54. The van der Waals surface area contributed by atoms with Gasteiger partial charge in [0.25, 0.3) is 0 Å². The second kappa shape index (κ2) is 9.68. The molecule has 1 aliphatic rings. The van der Waals surface area contributed by atoms with Crippen LogP contribution in [0.2, 0.25) is 0 Å². The van der Waals surface area contributed by atoms with Crippen molar-refractivity contribution in [2.75, 3.05) is 49.5 Å². The van der Waals surface area contributed by atoms with Gasteiger partial charge >= 0.3 is 6.03 Å². The lowest BCUT2D eigenvalue weighted by molar-refractivity contribution is 0.0663. The number of benzene rings is 3. The van der Waals surface area contributed by atoms with Gasteiger partial charge < -0.3 is 25.8 Å². The molecule has 3 aromatic carbocycles. The number of aliphatic hydroxyl groups excluding tert-OH is 1. The fourth-order valence-electron chi connectivity index (χ4n) is 3.88. The topological polar surface area (TPSA) is 91.1 Å². The normalized spacial score (nSPS) is 15.6. The largest absolute Gasteiger partial charge is 0.491 e. The van der Waals surface area contributed by atoms with Gasteiger partial charge in [0.05, 0.1) is 0 Å². The molecular weight excluding hydrogens is 392 g/mol. The number of nitrogens with zero attached hydrogens (tertiary/aromatic N) is 2. The third-order valence-electron chi connectivity index (χ3n) is 5.50. The SMILES string of the molecule is NC(=O)Nc1ccc(OCC(O)CN2CCN(c3ccc4ccccc4c3)CC2)cc1. The number of hydrogen-bond acceptors (Lipinski definition) is 5. The summed E-state index contributed by atoms with van der Waals surface area (Å²) < 4.78 is 5.67. The van der Waals surface area contributed by atoms with Crippen LogP contribution in [0.4, 0.5) is 16.2 Å². The molecule has 1 atom stereocenters. The Balaban J connectivity index is 1.22. The predicted molar refractivity (Wildman–Crippen MR) is 124 cm³/mol. The maximum atomic E-state index is 10.9. The van der Waals surface area contributed by atoms with E-state index in [-0.39, 0.29) is 6.61 Å². The van der Waals surface area contributed by atoms with Gasteiger partial charge in [0.2, 0.25) is 0 Å². The number of hydrogen-bond donors (Lipinski definition) is 3. The van der Waals surface area contributed by atoms with Gasteiger partial charge in [-0.2, -0.15) is 0 Å². The summed E-state index contributed by atoms with van der Waals surface area (Å²) in [5, 5.41) is 15.4. The monoisotopic (exact) mass is 420 g/mol. The molecule has 3 aromatic rings. The minimum atomic E-state index is -0.607. The van der Waals surface area contributed by atoms with Crippen molar-refractivity contribution in [3.05, 3.63) is 66.7 Å². The van der Waals surface area contributed by atoms with Crippen molar-refractivity contribution >= 4 is 28.2 Å². The Labute approximate surface area is 182 Å². The average molecular weight is 421 g/mol. The molecule has 162 valence electrons. The van der Waals surface area contributed by atoms with Crippen molar-refractivity contribution < 1.29 is 14.6 Å². The van der Waals surface area contributed by atoms with E-state index in [2.05, 4.69) is 57.6 Å². The number of urea groups is 1. The van der Waals surface area contributed by atoms with E-state index in [1.807, 2.05) is 0 Å². The molecule has 31 heavy (non-hydrogen) atoms. The zero-order valence-electron chi connectivity index (χ0n) is 17.4. The number of β-amino-alcohol motifs (C(OH)–C–C–N with tert-alkyl or cyclic N) is 1. The van der Waals surface area contributed by atoms with E-state index in [0.717, 1.165) is 26.2 Å². The fourth-order valence-corrected chi connectivity index (χ4v) is 3.88. The van der Waals surface area contributed by atoms with Crippen LogP contribution in [0.25, 0.3) is 10.8 Å². The number of aliphatic hydroxyl groups is 1. The Morgan fingerprint density at radius 2 is 1.71 bits per heavy atom. The summed E-state index contributed by atoms with van der Waals surface area (Å²) in [6.45, 7) is 4.45. The minimum Gasteiger partial charge on any atom is -0.491 e. The van der Waals surface area contributed by atoms with Crippen LogP contribution in [0, 0.1) is 0 Å². The molecule has 7 nitrogen and oxygen atoms in total. The number of amides is 2. The van der Waals surface area contributed by atoms with E-state index in [9.17, 15) is 9.90 Å². The van der Waals surface area contributed by atoms with Gasteiger partial charge in [-0.1, -0.05) is 30.3 Å². The van der Waals surface area contributed by atoms with E-state index in [0.29, 0.717) is 18.0 Å². The first-order chi connectivity index (χ1) is 15.1. The number of nitrogens with two attached hydrogens (primary N) is 1. The molecule has 7 heteroatoms. The number of fused-ring (bicyclic) bond motifs is 1. The molecule has 1 saturated heterocycles. The van der Waals surface area contributed by atoms with Gasteiger partial charge in [0.15, 0.2) is 0 Å². The summed E-state index contributed by atoms with van der Waals surface area (Å²) in [5.74, 6) is 0.634. The van der Waals surface area contributed by atoms with Crippen LogP contribution in [0.15, 0.2) is 66.7 Å². The van der Waals surface area contributed by atoms with Gasteiger partial charge in [0.1, 0.15) is 18.5 Å². The minimum absolute atomic E-state index is 0.216. The van der Waals surface area contributed by atoms with E-state index in [1.165, 1.54) is 16.5 Å². The number of rotatable bonds is 7. The highest BCUT2D eigenvalue weighted by molar-refractivity contribution is 5.87.